The molecule has 0 bridgehead atoms. The number of hydrogen-bond acceptors (Lipinski definition) is 6. The molecular formula is C21H32N6O2. The highest BCUT2D eigenvalue weighted by Gasteiger charge is 2.25. The van der Waals surface area contributed by atoms with Gasteiger partial charge in [0.15, 0.2) is 5.65 Å². The Morgan fingerprint density at radius 2 is 2.03 bits per heavy atom. The van der Waals surface area contributed by atoms with Crippen molar-refractivity contribution in [2.24, 2.45) is 0 Å². The Bertz CT molecular complexity index is 845. The van der Waals surface area contributed by atoms with Gasteiger partial charge in [-0.05, 0) is 45.7 Å². The van der Waals surface area contributed by atoms with Crippen LogP contribution >= 0.6 is 0 Å². The first-order valence-electron chi connectivity index (χ1n) is 10.9. The maximum Gasteiger partial charge on any atom is 0.255 e. The molecule has 158 valence electrons. The summed E-state index contributed by atoms with van der Waals surface area (Å²) in [6, 6.07) is 0.715. The summed E-state index contributed by atoms with van der Waals surface area (Å²) in [5, 5.41) is 12.1. The lowest BCUT2D eigenvalue weighted by atomic mass is 10.1. The van der Waals surface area contributed by atoms with Crippen molar-refractivity contribution in [2.75, 3.05) is 38.2 Å². The van der Waals surface area contributed by atoms with Crippen molar-refractivity contribution in [1.29, 1.82) is 0 Å². The first kappa shape index (κ1) is 20.1. The number of rotatable bonds is 7. The Hall–Kier alpha value is -2.19. The molecule has 2 aliphatic heterocycles. The molecule has 8 heteroatoms. The minimum atomic E-state index is -0.0684. The topological polar surface area (TPSA) is 84.3 Å². The minimum Gasteiger partial charge on any atom is -0.381 e. The Balaban J connectivity index is 1.58. The number of fused-ring (bicyclic) bond motifs is 1. The second kappa shape index (κ2) is 9.09. The van der Waals surface area contributed by atoms with Crippen LogP contribution in [0.25, 0.3) is 11.0 Å². The summed E-state index contributed by atoms with van der Waals surface area (Å²) in [6.45, 7) is 9.29. The lowest BCUT2D eigenvalue weighted by Crippen LogP contribution is -2.40. The fraction of sp³-hybridized carbons (Fsp3) is 0.667. The molecule has 4 heterocycles. The van der Waals surface area contributed by atoms with Gasteiger partial charge >= 0.3 is 0 Å². The average molecular weight is 401 g/mol. The van der Waals surface area contributed by atoms with Gasteiger partial charge in [-0.15, -0.1) is 0 Å². The Morgan fingerprint density at radius 3 is 2.79 bits per heavy atom. The van der Waals surface area contributed by atoms with Gasteiger partial charge in [0.25, 0.3) is 5.91 Å². The van der Waals surface area contributed by atoms with E-state index in [1.54, 1.807) is 6.20 Å². The summed E-state index contributed by atoms with van der Waals surface area (Å²) < 4.78 is 7.35. The number of likely N-dealkylation sites (N-methyl/N-ethyl adjacent to an activating group) is 1. The molecule has 2 saturated heterocycles. The summed E-state index contributed by atoms with van der Waals surface area (Å²) in [6.07, 6.45) is 7.72. The first-order valence-corrected chi connectivity index (χ1v) is 10.9. The summed E-state index contributed by atoms with van der Waals surface area (Å²) in [5.74, 6) is -0.0684. The van der Waals surface area contributed by atoms with Crippen LogP contribution in [0.2, 0.25) is 0 Å². The van der Waals surface area contributed by atoms with Crippen molar-refractivity contribution in [3.05, 3.63) is 18.0 Å². The van der Waals surface area contributed by atoms with Crippen LogP contribution in [-0.4, -0.2) is 70.5 Å². The largest absolute Gasteiger partial charge is 0.381 e. The van der Waals surface area contributed by atoms with Crippen LogP contribution < -0.4 is 10.6 Å². The van der Waals surface area contributed by atoms with Crippen molar-refractivity contribution in [2.45, 2.75) is 58.2 Å². The lowest BCUT2D eigenvalue weighted by Gasteiger charge is -2.26. The number of nitrogens with zero attached hydrogens (tertiary/aromatic N) is 4. The number of aromatic nitrogens is 3. The van der Waals surface area contributed by atoms with Gasteiger partial charge in [-0.3, -0.25) is 9.69 Å². The average Bonchev–Trinajstić information content (AvgIpc) is 3.39. The maximum atomic E-state index is 13.1. The molecule has 2 aliphatic rings. The van der Waals surface area contributed by atoms with E-state index in [1.807, 2.05) is 17.8 Å². The zero-order chi connectivity index (χ0) is 20.2. The number of aryl methyl sites for hydroxylation is 1. The van der Waals surface area contributed by atoms with E-state index >= 15 is 0 Å². The standard InChI is InChI=1S/C21H32N6O2/c1-3-26-9-5-6-16(26)12-23-21(28)18-13-22-20-17(14-24-27(20)4-2)19(18)25-15-7-10-29-11-8-15/h13-16H,3-12H2,1-2H3,(H,22,25)(H,23,28). The number of amides is 1. The zero-order valence-electron chi connectivity index (χ0n) is 17.5. The molecule has 8 nitrogen and oxygen atoms in total. The molecule has 2 fully saturated rings. The smallest absolute Gasteiger partial charge is 0.255 e. The molecule has 1 atom stereocenters. The van der Waals surface area contributed by atoms with Gasteiger partial charge in [0.1, 0.15) is 0 Å². The third-order valence-electron chi connectivity index (χ3n) is 6.18. The number of carbonyl (C=O) groups is 1. The number of pyridine rings is 1. The summed E-state index contributed by atoms with van der Waals surface area (Å²) in [7, 11) is 0. The van der Waals surface area contributed by atoms with Crippen LogP contribution in [-0.2, 0) is 11.3 Å². The number of nitrogens with one attached hydrogen (secondary N) is 2. The lowest BCUT2D eigenvalue weighted by molar-refractivity contribution is 0.0903. The van der Waals surface area contributed by atoms with E-state index in [4.69, 9.17) is 4.74 Å². The quantitative estimate of drug-likeness (QED) is 0.742. The molecule has 1 amide bonds. The normalized spacial score (nSPS) is 21.0. The van der Waals surface area contributed by atoms with E-state index in [9.17, 15) is 4.79 Å². The van der Waals surface area contributed by atoms with Crippen LogP contribution in [0.3, 0.4) is 0 Å². The first-order chi connectivity index (χ1) is 14.2. The van der Waals surface area contributed by atoms with Crippen molar-refractivity contribution >= 4 is 22.6 Å². The molecule has 1 unspecified atom stereocenters. The van der Waals surface area contributed by atoms with E-state index in [2.05, 4.69) is 32.5 Å². The van der Waals surface area contributed by atoms with Gasteiger partial charge < -0.3 is 15.4 Å². The van der Waals surface area contributed by atoms with Crippen LogP contribution in [0.1, 0.15) is 49.9 Å². The Kier molecular flexibility index (Phi) is 6.30. The third kappa shape index (κ3) is 4.23. The predicted molar refractivity (Wildman–Crippen MR) is 113 cm³/mol. The van der Waals surface area contributed by atoms with Crippen molar-refractivity contribution in [3.8, 4) is 0 Å². The number of ether oxygens (including phenoxy) is 1. The molecule has 0 aromatic carbocycles. The second-order valence-corrected chi connectivity index (χ2v) is 7.91. The molecule has 2 aromatic rings. The monoisotopic (exact) mass is 400 g/mol. The van der Waals surface area contributed by atoms with E-state index < -0.39 is 0 Å². The number of anilines is 1. The maximum absolute atomic E-state index is 13.1. The van der Waals surface area contributed by atoms with E-state index in [1.165, 1.54) is 6.42 Å². The van der Waals surface area contributed by atoms with Crippen LogP contribution in [0.4, 0.5) is 5.69 Å². The predicted octanol–water partition coefficient (Wildman–Crippen LogP) is 2.26. The van der Waals surface area contributed by atoms with Gasteiger partial charge in [0, 0.05) is 44.6 Å². The van der Waals surface area contributed by atoms with Crippen molar-refractivity contribution in [3.63, 3.8) is 0 Å². The summed E-state index contributed by atoms with van der Waals surface area (Å²) >= 11 is 0. The van der Waals surface area contributed by atoms with Crippen molar-refractivity contribution in [1.82, 2.24) is 25.0 Å². The summed E-state index contributed by atoms with van der Waals surface area (Å²) in [5.41, 5.74) is 2.25. The fourth-order valence-corrected chi connectivity index (χ4v) is 4.48. The third-order valence-corrected chi connectivity index (χ3v) is 6.18. The molecule has 2 aromatic heterocycles. The van der Waals surface area contributed by atoms with E-state index in [0.29, 0.717) is 18.2 Å². The minimum absolute atomic E-state index is 0.0684. The Morgan fingerprint density at radius 1 is 1.21 bits per heavy atom. The van der Waals surface area contributed by atoms with Gasteiger partial charge in [-0.2, -0.15) is 5.10 Å². The SMILES string of the molecule is CCN1CCCC1CNC(=O)c1cnc2c(cnn2CC)c1NC1CCOCC1. The highest BCUT2D eigenvalue weighted by Crippen LogP contribution is 2.28. The molecule has 0 aliphatic carbocycles. The van der Waals surface area contributed by atoms with Gasteiger partial charge in [0.2, 0.25) is 0 Å². The summed E-state index contributed by atoms with van der Waals surface area (Å²) in [4.78, 5) is 20.1. The molecule has 0 saturated carbocycles. The van der Waals surface area contributed by atoms with E-state index in [0.717, 1.165) is 68.8 Å². The molecule has 0 radical (unpaired) electrons. The number of hydrogen-bond donors (Lipinski definition) is 2. The van der Waals surface area contributed by atoms with Gasteiger partial charge in [-0.25, -0.2) is 9.67 Å². The fourth-order valence-electron chi connectivity index (χ4n) is 4.48. The van der Waals surface area contributed by atoms with E-state index in [-0.39, 0.29) is 11.9 Å². The van der Waals surface area contributed by atoms with Crippen molar-refractivity contribution < 1.29 is 9.53 Å². The molecule has 29 heavy (non-hydrogen) atoms. The molecule has 4 rings (SSSR count). The zero-order valence-corrected chi connectivity index (χ0v) is 17.5. The van der Waals surface area contributed by atoms with Crippen LogP contribution in [0.5, 0.6) is 0 Å². The molecular weight excluding hydrogens is 368 g/mol. The van der Waals surface area contributed by atoms with Gasteiger partial charge in [0.05, 0.1) is 22.8 Å². The highest BCUT2D eigenvalue weighted by molar-refractivity contribution is 6.06. The number of carbonyl (C=O) groups excluding carboxylic acids is 1. The van der Waals surface area contributed by atoms with Gasteiger partial charge in [-0.1, -0.05) is 6.92 Å². The molecule has 2 N–H and O–H groups in total. The second-order valence-electron chi connectivity index (χ2n) is 7.91. The van der Waals surface area contributed by atoms with Crippen LogP contribution in [0, 0.1) is 0 Å². The molecule has 0 spiro atoms. The van der Waals surface area contributed by atoms with Crippen LogP contribution in [0.15, 0.2) is 12.4 Å². The Labute approximate surface area is 172 Å². The highest BCUT2D eigenvalue weighted by atomic mass is 16.5. The number of likely N-dealkylation sites (tertiary alicyclic amines) is 1.